The summed E-state index contributed by atoms with van der Waals surface area (Å²) in [7, 11) is 0. The zero-order valence-corrected chi connectivity index (χ0v) is 8.45. The number of aliphatic hydroxyl groups is 1. The van der Waals surface area contributed by atoms with E-state index < -0.39 is 6.10 Å². The first kappa shape index (κ1) is 10.6. The molecule has 2 nitrogen and oxygen atoms in total. The average molecular weight is 190 g/mol. The zero-order valence-electron chi connectivity index (χ0n) is 8.45. The third kappa shape index (κ3) is 2.51. The molecule has 0 bridgehead atoms. The monoisotopic (exact) mass is 190 g/mol. The first-order valence-electron chi connectivity index (χ1n) is 4.50. The molecule has 2 heteroatoms. The normalized spacial score (nSPS) is 11.9. The minimum Gasteiger partial charge on any atom is -0.481 e. The highest BCUT2D eigenvalue weighted by atomic mass is 16.5. The van der Waals surface area contributed by atoms with E-state index in [0.29, 0.717) is 5.75 Å². The zero-order chi connectivity index (χ0) is 10.6. The number of hydrogen-bond acceptors (Lipinski definition) is 2. The Morgan fingerprint density at radius 2 is 2.29 bits per heavy atom. The van der Waals surface area contributed by atoms with E-state index in [1.165, 1.54) is 0 Å². The first-order chi connectivity index (χ1) is 6.65. The lowest BCUT2D eigenvalue weighted by Gasteiger charge is -2.12. The van der Waals surface area contributed by atoms with E-state index in [0.717, 1.165) is 11.1 Å². The Bertz CT molecular complexity index is 348. The van der Waals surface area contributed by atoms with Crippen molar-refractivity contribution in [1.29, 1.82) is 0 Å². The maximum atomic E-state index is 9.50. The van der Waals surface area contributed by atoms with Gasteiger partial charge in [-0.1, -0.05) is 17.6 Å². The fraction of sp³-hybridized carbons (Fsp3) is 0.333. The van der Waals surface area contributed by atoms with Crippen molar-refractivity contribution in [3.63, 3.8) is 0 Å². The molecule has 0 saturated carbocycles. The van der Waals surface area contributed by atoms with Crippen LogP contribution in [0.15, 0.2) is 18.2 Å². The molecule has 0 amide bonds. The molecule has 0 heterocycles. The molecule has 1 N–H and O–H groups in total. The molecule has 1 aromatic rings. The molecular weight excluding hydrogens is 176 g/mol. The summed E-state index contributed by atoms with van der Waals surface area (Å²) >= 11 is 0. The van der Waals surface area contributed by atoms with Gasteiger partial charge in [0.25, 0.3) is 0 Å². The standard InChI is InChI=1S/C12H14O2/c1-4-7-14-12-6-5-9(2)8-11(12)10(3)13/h1,5-6,8,10,13H,7H2,2-3H3. The molecule has 0 aliphatic heterocycles. The molecule has 14 heavy (non-hydrogen) atoms. The first-order valence-corrected chi connectivity index (χ1v) is 4.50. The van der Waals surface area contributed by atoms with Gasteiger partial charge in [0, 0.05) is 5.56 Å². The van der Waals surface area contributed by atoms with Crippen molar-refractivity contribution < 1.29 is 9.84 Å². The summed E-state index contributed by atoms with van der Waals surface area (Å²) in [5, 5.41) is 9.50. The third-order valence-electron chi connectivity index (χ3n) is 1.93. The van der Waals surface area contributed by atoms with Crippen molar-refractivity contribution in [2.75, 3.05) is 6.61 Å². The smallest absolute Gasteiger partial charge is 0.148 e. The van der Waals surface area contributed by atoms with Crippen LogP contribution in [0.1, 0.15) is 24.2 Å². The van der Waals surface area contributed by atoms with Crippen molar-refractivity contribution in [2.45, 2.75) is 20.0 Å². The van der Waals surface area contributed by atoms with Gasteiger partial charge < -0.3 is 9.84 Å². The molecule has 0 aliphatic rings. The molecular formula is C12H14O2. The van der Waals surface area contributed by atoms with E-state index in [2.05, 4.69) is 5.92 Å². The molecule has 0 fully saturated rings. The van der Waals surface area contributed by atoms with Gasteiger partial charge in [-0.2, -0.15) is 0 Å². The molecule has 74 valence electrons. The molecule has 0 radical (unpaired) electrons. The second kappa shape index (κ2) is 4.69. The molecule has 0 spiro atoms. The van der Waals surface area contributed by atoms with Gasteiger partial charge in [0.2, 0.25) is 0 Å². The predicted octanol–water partition coefficient (Wildman–Crippen LogP) is 2.06. The predicted molar refractivity (Wildman–Crippen MR) is 56.1 cm³/mol. The van der Waals surface area contributed by atoms with Gasteiger partial charge in [-0.25, -0.2) is 0 Å². The second-order valence-corrected chi connectivity index (χ2v) is 3.21. The fourth-order valence-electron chi connectivity index (χ4n) is 1.25. The number of aryl methyl sites for hydroxylation is 1. The number of terminal acetylenes is 1. The van der Waals surface area contributed by atoms with E-state index in [1.807, 2.05) is 25.1 Å². The van der Waals surface area contributed by atoms with Crippen molar-refractivity contribution in [1.82, 2.24) is 0 Å². The van der Waals surface area contributed by atoms with Crippen LogP contribution in [0.4, 0.5) is 0 Å². The highest BCUT2D eigenvalue weighted by Crippen LogP contribution is 2.25. The van der Waals surface area contributed by atoms with Crippen LogP contribution in [-0.4, -0.2) is 11.7 Å². The lowest BCUT2D eigenvalue weighted by Crippen LogP contribution is -2.00. The third-order valence-corrected chi connectivity index (χ3v) is 1.93. The highest BCUT2D eigenvalue weighted by Gasteiger charge is 2.08. The summed E-state index contributed by atoms with van der Waals surface area (Å²) in [5.74, 6) is 3.05. The Morgan fingerprint density at radius 3 is 2.86 bits per heavy atom. The molecule has 0 aromatic heterocycles. The van der Waals surface area contributed by atoms with Gasteiger partial charge in [-0.15, -0.1) is 6.42 Å². The SMILES string of the molecule is C#CCOc1ccc(C)cc1C(C)O. The van der Waals surface area contributed by atoms with Crippen LogP contribution in [0.3, 0.4) is 0 Å². The summed E-state index contributed by atoms with van der Waals surface area (Å²) in [6.45, 7) is 3.90. The van der Waals surface area contributed by atoms with Gasteiger partial charge in [0.05, 0.1) is 6.10 Å². The van der Waals surface area contributed by atoms with E-state index in [1.54, 1.807) is 6.92 Å². The van der Waals surface area contributed by atoms with Crippen LogP contribution in [0.5, 0.6) is 5.75 Å². The molecule has 1 aromatic carbocycles. The Labute approximate surface area is 84.5 Å². The Hall–Kier alpha value is -1.46. The minimum absolute atomic E-state index is 0.225. The van der Waals surface area contributed by atoms with E-state index in [-0.39, 0.29) is 6.61 Å². The Morgan fingerprint density at radius 1 is 1.57 bits per heavy atom. The van der Waals surface area contributed by atoms with Crippen molar-refractivity contribution in [3.8, 4) is 18.1 Å². The molecule has 0 saturated heterocycles. The number of benzene rings is 1. The van der Waals surface area contributed by atoms with Gasteiger partial charge >= 0.3 is 0 Å². The van der Waals surface area contributed by atoms with Crippen LogP contribution in [0, 0.1) is 19.3 Å². The fourth-order valence-corrected chi connectivity index (χ4v) is 1.25. The number of hydrogen-bond donors (Lipinski definition) is 1. The lowest BCUT2D eigenvalue weighted by atomic mass is 10.1. The van der Waals surface area contributed by atoms with Crippen molar-refractivity contribution in [3.05, 3.63) is 29.3 Å². The molecule has 1 atom stereocenters. The summed E-state index contributed by atoms with van der Waals surface area (Å²) < 4.78 is 5.31. The lowest BCUT2D eigenvalue weighted by molar-refractivity contribution is 0.193. The number of rotatable bonds is 3. The summed E-state index contributed by atoms with van der Waals surface area (Å²) in [5.41, 5.74) is 1.87. The van der Waals surface area contributed by atoms with Gasteiger partial charge in [-0.3, -0.25) is 0 Å². The highest BCUT2D eigenvalue weighted by molar-refractivity contribution is 5.38. The largest absolute Gasteiger partial charge is 0.481 e. The van der Waals surface area contributed by atoms with E-state index in [9.17, 15) is 5.11 Å². The van der Waals surface area contributed by atoms with Crippen LogP contribution < -0.4 is 4.74 Å². The van der Waals surface area contributed by atoms with E-state index in [4.69, 9.17) is 11.2 Å². The van der Waals surface area contributed by atoms with Gasteiger partial charge in [0.15, 0.2) is 0 Å². The Kier molecular flexibility index (Phi) is 3.55. The number of aliphatic hydroxyl groups excluding tert-OH is 1. The number of ether oxygens (including phenoxy) is 1. The molecule has 1 unspecified atom stereocenters. The quantitative estimate of drug-likeness (QED) is 0.739. The summed E-state index contributed by atoms with van der Waals surface area (Å²) in [4.78, 5) is 0. The Balaban J connectivity index is 2.97. The van der Waals surface area contributed by atoms with Gasteiger partial charge in [0.1, 0.15) is 12.4 Å². The van der Waals surface area contributed by atoms with Crippen LogP contribution in [0.2, 0.25) is 0 Å². The molecule has 0 aliphatic carbocycles. The van der Waals surface area contributed by atoms with E-state index >= 15 is 0 Å². The maximum Gasteiger partial charge on any atom is 0.148 e. The van der Waals surface area contributed by atoms with Crippen LogP contribution >= 0.6 is 0 Å². The van der Waals surface area contributed by atoms with Crippen LogP contribution in [-0.2, 0) is 0 Å². The van der Waals surface area contributed by atoms with Crippen molar-refractivity contribution >= 4 is 0 Å². The van der Waals surface area contributed by atoms with Crippen LogP contribution in [0.25, 0.3) is 0 Å². The summed E-state index contributed by atoms with van der Waals surface area (Å²) in [6, 6.07) is 5.66. The molecule has 1 rings (SSSR count). The minimum atomic E-state index is -0.539. The second-order valence-electron chi connectivity index (χ2n) is 3.21. The van der Waals surface area contributed by atoms with Crippen molar-refractivity contribution in [2.24, 2.45) is 0 Å². The maximum absolute atomic E-state index is 9.50. The topological polar surface area (TPSA) is 29.5 Å². The van der Waals surface area contributed by atoms with Gasteiger partial charge in [-0.05, 0) is 26.0 Å². The summed E-state index contributed by atoms with van der Waals surface area (Å²) in [6.07, 6.45) is 4.56. The average Bonchev–Trinajstić information content (AvgIpc) is 2.15.